The first-order valence-corrected chi connectivity index (χ1v) is 12.8. The fourth-order valence-corrected chi connectivity index (χ4v) is 4.97. The molecule has 0 fully saturated rings. The predicted molar refractivity (Wildman–Crippen MR) is 135 cm³/mol. The Hall–Kier alpha value is -2.65. The van der Waals surface area contributed by atoms with Crippen LogP contribution in [-0.2, 0) is 9.84 Å². The lowest BCUT2D eigenvalue weighted by Crippen LogP contribution is -2.32. The summed E-state index contributed by atoms with van der Waals surface area (Å²) in [6.07, 6.45) is 0.632. The van der Waals surface area contributed by atoms with E-state index in [1.807, 2.05) is 24.3 Å². The molecule has 1 atom stereocenters. The maximum absolute atomic E-state index is 12.6. The number of benzene rings is 3. The van der Waals surface area contributed by atoms with Gasteiger partial charge in [0.05, 0.1) is 16.8 Å². The highest BCUT2D eigenvalue weighted by molar-refractivity contribution is 7.91. The number of nitrogen functional groups attached to an aromatic ring is 1. The third kappa shape index (κ3) is 7.43. The molecule has 0 aliphatic heterocycles. The number of nitrogens with two attached hydrogens (primary N) is 1. The average molecular weight is 489 g/mol. The minimum absolute atomic E-state index is 0.0150. The SMILES string of the molecule is N=C(N)c1ccc(NCC(O)CNCCCCS(=O)(=O)c2ccc3cc(Cl)ccc3c2)cc1. The number of hydrogen-bond donors (Lipinski definition) is 5. The molecule has 7 nitrogen and oxygen atoms in total. The summed E-state index contributed by atoms with van der Waals surface area (Å²) in [4.78, 5) is 0.322. The van der Waals surface area contributed by atoms with Crippen LogP contribution in [0.3, 0.4) is 0 Å². The van der Waals surface area contributed by atoms with Gasteiger partial charge in [0.15, 0.2) is 9.84 Å². The number of rotatable bonds is 12. The van der Waals surface area contributed by atoms with Gasteiger partial charge >= 0.3 is 0 Å². The summed E-state index contributed by atoms with van der Waals surface area (Å²) in [6.45, 7) is 1.39. The maximum atomic E-state index is 12.6. The number of hydrogen-bond acceptors (Lipinski definition) is 6. The highest BCUT2D eigenvalue weighted by Gasteiger charge is 2.14. The summed E-state index contributed by atoms with van der Waals surface area (Å²) >= 11 is 5.98. The minimum Gasteiger partial charge on any atom is -0.390 e. The van der Waals surface area contributed by atoms with Crippen molar-refractivity contribution in [2.24, 2.45) is 5.73 Å². The van der Waals surface area contributed by atoms with Crippen molar-refractivity contribution in [3.8, 4) is 0 Å². The number of nitrogens with one attached hydrogen (secondary N) is 3. The van der Waals surface area contributed by atoms with Crippen LogP contribution in [0.4, 0.5) is 5.69 Å². The Labute approximate surface area is 199 Å². The lowest BCUT2D eigenvalue weighted by atomic mass is 10.1. The number of halogens is 1. The molecule has 3 aromatic carbocycles. The highest BCUT2D eigenvalue weighted by atomic mass is 35.5. The van der Waals surface area contributed by atoms with Gasteiger partial charge in [0.25, 0.3) is 0 Å². The smallest absolute Gasteiger partial charge is 0.178 e. The molecular formula is C24H29ClN4O3S. The molecule has 0 saturated carbocycles. The van der Waals surface area contributed by atoms with Gasteiger partial charge in [-0.05, 0) is 78.7 Å². The molecule has 0 heterocycles. The van der Waals surface area contributed by atoms with Crippen molar-refractivity contribution in [2.45, 2.75) is 23.8 Å². The first kappa shape index (κ1) is 25.0. The number of aliphatic hydroxyl groups excluding tert-OH is 1. The Morgan fingerprint density at radius 2 is 1.70 bits per heavy atom. The van der Waals surface area contributed by atoms with Crippen LogP contribution in [0, 0.1) is 5.41 Å². The first-order chi connectivity index (χ1) is 15.7. The van der Waals surface area contributed by atoms with Crippen LogP contribution >= 0.6 is 11.6 Å². The van der Waals surface area contributed by atoms with Crippen LogP contribution in [-0.4, -0.2) is 50.9 Å². The molecule has 33 heavy (non-hydrogen) atoms. The standard InChI is InChI=1S/C24H29ClN4O3S/c25-20-7-3-19-14-23(10-6-18(19)13-20)33(31,32)12-2-1-11-28-15-22(30)16-29-21-8-4-17(5-9-21)24(26)27/h3-10,13-14,22,28-30H,1-2,11-12,15-16H2,(H3,26,27). The fourth-order valence-electron chi connectivity index (χ4n) is 3.39. The summed E-state index contributed by atoms with van der Waals surface area (Å²) in [5.74, 6) is 0.0925. The van der Waals surface area contributed by atoms with Gasteiger partial charge < -0.3 is 21.5 Å². The topological polar surface area (TPSA) is 128 Å². The zero-order valence-electron chi connectivity index (χ0n) is 18.2. The van der Waals surface area contributed by atoms with Crippen LogP contribution in [0.15, 0.2) is 65.6 Å². The number of aliphatic hydroxyl groups is 1. The molecule has 6 N–H and O–H groups in total. The van der Waals surface area contributed by atoms with E-state index in [9.17, 15) is 13.5 Å². The number of fused-ring (bicyclic) bond motifs is 1. The van der Waals surface area contributed by atoms with Gasteiger partial charge in [0, 0.05) is 29.4 Å². The summed E-state index contributed by atoms with van der Waals surface area (Å²) < 4.78 is 25.3. The molecule has 9 heteroatoms. The fraction of sp³-hybridized carbons (Fsp3) is 0.292. The van der Waals surface area contributed by atoms with Gasteiger partial charge in [-0.25, -0.2) is 8.42 Å². The lowest BCUT2D eigenvalue weighted by Gasteiger charge is -2.14. The monoisotopic (exact) mass is 488 g/mol. The number of anilines is 1. The van der Waals surface area contributed by atoms with E-state index in [2.05, 4.69) is 10.6 Å². The van der Waals surface area contributed by atoms with E-state index >= 15 is 0 Å². The molecule has 176 valence electrons. The largest absolute Gasteiger partial charge is 0.390 e. The second-order valence-electron chi connectivity index (χ2n) is 7.91. The van der Waals surface area contributed by atoms with E-state index in [1.54, 1.807) is 36.4 Å². The van der Waals surface area contributed by atoms with Crippen molar-refractivity contribution in [2.75, 3.05) is 30.7 Å². The molecular weight excluding hydrogens is 460 g/mol. The van der Waals surface area contributed by atoms with Crippen LogP contribution < -0.4 is 16.4 Å². The molecule has 3 aromatic rings. The Morgan fingerprint density at radius 3 is 2.42 bits per heavy atom. The van der Waals surface area contributed by atoms with E-state index in [4.69, 9.17) is 22.7 Å². The summed E-state index contributed by atoms with van der Waals surface area (Å²) in [5.41, 5.74) is 6.91. The van der Waals surface area contributed by atoms with E-state index < -0.39 is 15.9 Å². The highest BCUT2D eigenvalue weighted by Crippen LogP contribution is 2.23. The van der Waals surface area contributed by atoms with Crippen LogP contribution in [0.1, 0.15) is 18.4 Å². The van der Waals surface area contributed by atoms with Gasteiger partial charge in [-0.2, -0.15) is 0 Å². The third-order valence-electron chi connectivity index (χ3n) is 5.27. The molecule has 1 unspecified atom stereocenters. The van der Waals surface area contributed by atoms with Crippen LogP contribution in [0.2, 0.25) is 5.02 Å². The summed E-state index contributed by atoms with van der Waals surface area (Å²) in [6, 6.07) is 17.6. The lowest BCUT2D eigenvalue weighted by molar-refractivity contribution is 0.184. The molecule has 0 aliphatic rings. The van der Waals surface area contributed by atoms with Gasteiger partial charge in [-0.3, -0.25) is 5.41 Å². The van der Waals surface area contributed by atoms with Crippen molar-refractivity contribution in [1.82, 2.24) is 5.32 Å². The van der Waals surface area contributed by atoms with Crippen molar-refractivity contribution in [3.63, 3.8) is 0 Å². The zero-order valence-corrected chi connectivity index (χ0v) is 19.8. The third-order valence-corrected chi connectivity index (χ3v) is 7.30. The molecule has 0 amide bonds. The second kappa shape index (κ2) is 11.5. The zero-order chi connectivity index (χ0) is 23.8. The van der Waals surface area contributed by atoms with Crippen LogP contribution in [0.5, 0.6) is 0 Å². The summed E-state index contributed by atoms with van der Waals surface area (Å²) in [7, 11) is -3.35. The normalized spacial score (nSPS) is 12.5. The van der Waals surface area contributed by atoms with E-state index in [1.165, 1.54) is 0 Å². The van der Waals surface area contributed by atoms with Crippen molar-refractivity contribution in [3.05, 3.63) is 71.2 Å². The van der Waals surface area contributed by atoms with Gasteiger partial charge in [-0.15, -0.1) is 0 Å². The Balaban J connectivity index is 1.35. The molecule has 0 saturated heterocycles. The van der Waals surface area contributed by atoms with Crippen LogP contribution in [0.25, 0.3) is 10.8 Å². The molecule has 0 aliphatic carbocycles. The van der Waals surface area contributed by atoms with Crippen molar-refractivity contribution >= 4 is 43.7 Å². The second-order valence-corrected chi connectivity index (χ2v) is 10.5. The molecule has 0 radical (unpaired) electrons. The van der Waals surface area contributed by atoms with Crippen molar-refractivity contribution < 1.29 is 13.5 Å². The maximum Gasteiger partial charge on any atom is 0.178 e. The average Bonchev–Trinajstić information content (AvgIpc) is 2.79. The van der Waals surface area contributed by atoms with Gasteiger partial charge in [-0.1, -0.05) is 23.7 Å². The minimum atomic E-state index is -3.35. The number of unbranched alkanes of at least 4 members (excludes halogenated alkanes) is 1. The first-order valence-electron chi connectivity index (χ1n) is 10.7. The predicted octanol–water partition coefficient (Wildman–Crippen LogP) is 3.39. The molecule has 3 rings (SSSR count). The van der Waals surface area contributed by atoms with E-state index in [0.29, 0.717) is 48.0 Å². The van der Waals surface area contributed by atoms with Gasteiger partial charge in [0.2, 0.25) is 0 Å². The number of amidine groups is 1. The molecule has 0 spiro atoms. The van der Waals surface area contributed by atoms with E-state index in [-0.39, 0.29) is 11.6 Å². The Morgan fingerprint density at radius 1 is 1.00 bits per heavy atom. The Bertz CT molecular complexity index is 1200. The van der Waals surface area contributed by atoms with E-state index in [0.717, 1.165) is 16.5 Å². The molecule has 0 aromatic heterocycles. The Kier molecular flexibility index (Phi) is 8.68. The summed E-state index contributed by atoms with van der Waals surface area (Å²) in [5, 5.41) is 26.2. The number of sulfone groups is 1. The molecule has 0 bridgehead atoms. The quantitative estimate of drug-likeness (QED) is 0.151. The van der Waals surface area contributed by atoms with Gasteiger partial charge in [0.1, 0.15) is 5.84 Å². The van der Waals surface area contributed by atoms with Crippen molar-refractivity contribution in [1.29, 1.82) is 5.41 Å².